The third-order valence-corrected chi connectivity index (χ3v) is 6.19. The van der Waals surface area contributed by atoms with Crippen LogP contribution in [0.1, 0.15) is 49.0 Å². The molecule has 7 heteroatoms. The third-order valence-electron chi connectivity index (χ3n) is 4.18. The molecule has 0 aromatic heterocycles. The smallest absolute Gasteiger partial charge is 0.338 e. The number of ether oxygens (including phenoxy) is 1. The first-order valence-electron chi connectivity index (χ1n) is 8.02. The van der Waals surface area contributed by atoms with E-state index < -0.39 is 16.0 Å². The molecule has 1 aliphatic rings. The molecule has 0 radical (unpaired) electrons. The Labute approximate surface area is 142 Å². The molecule has 132 valence electrons. The summed E-state index contributed by atoms with van der Waals surface area (Å²) in [4.78, 5) is 23.1. The lowest BCUT2D eigenvalue weighted by atomic mass is 10.1. The van der Waals surface area contributed by atoms with E-state index in [1.54, 1.807) is 13.0 Å². The van der Waals surface area contributed by atoms with Gasteiger partial charge in [-0.1, -0.05) is 12.5 Å². The zero-order chi connectivity index (χ0) is 17.9. The van der Waals surface area contributed by atoms with E-state index in [1.165, 1.54) is 23.4 Å². The van der Waals surface area contributed by atoms with Gasteiger partial charge in [0.05, 0.1) is 10.5 Å². The van der Waals surface area contributed by atoms with E-state index in [2.05, 4.69) is 0 Å². The Morgan fingerprint density at radius 1 is 1.29 bits per heavy atom. The topological polar surface area (TPSA) is 80.8 Å². The van der Waals surface area contributed by atoms with Gasteiger partial charge < -0.3 is 4.74 Å². The summed E-state index contributed by atoms with van der Waals surface area (Å²) in [5, 5.41) is 0. The number of esters is 1. The van der Waals surface area contributed by atoms with Gasteiger partial charge in [-0.15, -0.1) is 0 Å². The van der Waals surface area contributed by atoms with E-state index in [-0.39, 0.29) is 28.9 Å². The zero-order valence-corrected chi connectivity index (χ0v) is 15.1. The molecule has 0 spiro atoms. The van der Waals surface area contributed by atoms with Gasteiger partial charge in [0.1, 0.15) is 6.61 Å². The summed E-state index contributed by atoms with van der Waals surface area (Å²) in [5.74, 6) is -0.960. The van der Waals surface area contributed by atoms with E-state index >= 15 is 0 Å². The van der Waals surface area contributed by atoms with Gasteiger partial charge in [-0.3, -0.25) is 4.79 Å². The van der Waals surface area contributed by atoms with Crippen LogP contribution in [0, 0.1) is 6.92 Å². The van der Waals surface area contributed by atoms with Gasteiger partial charge in [-0.25, -0.2) is 13.2 Å². The molecule has 1 heterocycles. The van der Waals surface area contributed by atoms with Gasteiger partial charge in [0.25, 0.3) is 0 Å². The minimum Gasteiger partial charge on any atom is -0.454 e. The van der Waals surface area contributed by atoms with Gasteiger partial charge in [-0.05, 0) is 51.3 Å². The molecule has 0 aliphatic carbocycles. The van der Waals surface area contributed by atoms with Gasteiger partial charge in [0.2, 0.25) is 10.0 Å². The number of benzene rings is 1. The Bertz CT molecular complexity index is 741. The molecule has 0 saturated carbocycles. The van der Waals surface area contributed by atoms with Crippen LogP contribution in [0.4, 0.5) is 0 Å². The highest BCUT2D eigenvalue weighted by atomic mass is 32.2. The fraction of sp³-hybridized carbons (Fsp3) is 0.529. The van der Waals surface area contributed by atoms with Crippen molar-refractivity contribution in [2.75, 3.05) is 13.2 Å². The Hall–Kier alpha value is -1.73. The van der Waals surface area contributed by atoms with E-state index in [1.807, 2.05) is 6.92 Å². The van der Waals surface area contributed by atoms with E-state index in [9.17, 15) is 18.0 Å². The highest BCUT2D eigenvalue weighted by molar-refractivity contribution is 7.89. The molecule has 24 heavy (non-hydrogen) atoms. The minimum absolute atomic E-state index is 0.0573. The molecule has 1 aliphatic heterocycles. The molecule has 0 amide bonds. The van der Waals surface area contributed by atoms with Crippen LogP contribution in [0.3, 0.4) is 0 Å². The van der Waals surface area contributed by atoms with Crippen molar-refractivity contribution in [2.24, 2.45) is 0 Å². The number of ketones is 1. The van der Waals surface area contributed by atoms with Crippen molar-refractivity contribution in [3.05, 3.63) is 29.3 Å². The molecular formula is C17H23NO5S. The van der Waals surface area contributed by atoms with Gasteiger partial charge in [0.15, 0.2) is 5.78 Å². The summed E-state index contributed by atoms with van der Waals surface area (Å²) in [6.07, 6.45) is 2.69. The van der Waals surface area contributed by atoms with Gasteiger partial charge in [0, 0.05) is 12.6 Å². The number of Topliss-reactive ketones (excluding diaryl/α,β-unsaturated/α-hetero) is 1. The maximum atomic E-state index is 12.9. The second-order valence-electron chi connectivity index (χ2n) is 6.22. The lowest BCUT2D eigenvalue weighted by Crippen LogP contribution is -2.41. The summed E-state index contributed by atoms with van der Waals surface area (Å²) < 4.78 is 32.1. The van der Waals surface area contributed by atoms with Crippen molar-refractivity contribution < 1.29 is 22.7 Å². The number of aryl methyl sites for hydroxylation is 1. The maximum Gasteiger partial charge on any atom is 0.338 e. The summed E-state index contributed by atoms with van der Waals surface area (Å²) in [6, 6.07) is 4.38. The Morgan fingerprint density at radius 3 is 2.62 bits per heavy atom. The lowest BCUT2D eigenvalue weighted by molar-refractivity contribution is -0.120. The highest BCUT2D eigenvalue weighted by Crippen LogP contribution is 2.26. The van der Waals surface area contributed by atoms with Crippen molar-refractivity contribution in [2.45, 2.75) is 51.0 Å². The number of carbonyl (C=O) groups excluding carboxylic acids is 2. The van der Waals surface area contributed by atoms with Crippen LogP contribution < -0.4 is 0 Å². The maximum absolute atomic E-state index is 12.9. The van der Waals surface area contributed by atoms with Crippen LogP contribution in [0.15, 0.2) is 23.1 Å². The normalized spacial score (nSPS) is 19.0. The fourth-order valence-corrected chi connectivity index (χ4v) is 4.52. The second kappa shape index (κ2) is 7.44. The van der Waals surface area contributed by atoms with Crippen LogP contribution >= 0.6 is 0 Å². The van der Waals surface area contributed by atoms with Crippen molar-refractivity contribution in [1.82, 2.24) is 4.31 Å². The molecule has 2 rings (SSSR count). The summed E-state index contributed by atoms with van der Waals surface area (Å²) in [7, 11) is -3.66. The molecule has 0 N–H and O–H groups in total. The average molecular weight is 353 g/mol. The van der Waals surface area contributed by atoms with Crippen LogP contribution in [0.2, 0.25) is 0 Å². The van der Waals surface area contributed by atoms with Crippen LogP contribution in [0.25, 0.3) is 0 Å². The number of carbonyl (C=O) groups is 2. The largest absolute Gasteiger partial charge is 0.454 e. The molecule has 1 fully saturated rings. The van der Waals surface area contributed by atoms with Gasteiger partial charge >= 0.3 is 5.97 Å². The minimum atomic E-state index is -3.66. The standard InChI is InChI=1S/C17H23NO5S/c1-12-7-8-15(10-16(12)17(20)23-11-14(3)19)24(21,22)18-9-5-4-6-13(18)2/h7-8,10,13H,4-6,9,11H2,1-3H3. The van der Waals surface area contributed by atoms with Crippen LogP contribution in [0.5, 0.6) is 0 Å². The number of rotatable bonds is 5. The Balaban J connectivity index is 2.32. The van der Waals surface area contributed by atoms with Crippen molar-refractivity contribution in [3.63, 3.8) is 0 Å². The average Bonchev–Trinajstić information content (AvgIpc) is 2.53. The first kappa shape index (κ1) is 18.6. The molecule has 6 nitrogen and oxygen atoms in total. The molecule has 1 atom stereocenters. The molecule has 1 unspecified atom stereocenters. The molecular weight excluding hydrogens is 330 g/mol. The molecule has 1 aromatic rings. The van der Waals surface area contributed by atoms with E-state index in [4.69, 9.17) is 4.74 Å². The second-order valence-corrected chi connectivity index (χ2v) is 8.11. The van der Waals surface area contributed by atoms with E-state index in [0.29, 0.717) is 12.1 Å². The first-order chi connectivity index (χ1) is 11.2. The summed E-state index contributed by atoms with van der Waals surface area (Å²) in [5.41, 5.74) is 0.774. The predicted molar refractivity (Wildman–Crippen MR) is 89.3 cm³/mol. The van der Waals surface area contributed by atoms with Crippen molar-refractivity contribution in [1.29, 1.82) is 0 Å². The van der Waals surface area contributed by atoms with E-state index in [0.717, 1.165) is 19.3 Å². The fourth-order valence-electron chi connectivity index (χ4n) is 2.79. The Morgan fingerprint density at radius 2 is 2.00 bits per heavy atom. The van der Waals surface area contributed by atoms with Gasteiger partial charge in [-0.2, -0.15) is 4.31 Å². The SMILES string of the molecule is CC(=O)COC(=O)c1cc(S(=O)(=O)N2CCCCC2C)ccc1C. The number of piperidine rings is 1. The number of hydrogen-bond acceptors (Lipinski definition) is 5. The van der Waals surface area contributed by atoms with Crippen LogP contribution in [-0.4, -0.2) is 43.7 Å². The monoisotopic (exact) mass is 353 g/mol. The lowest BCUT2D eigenvalue weighted by Gasteiger charge is -2.32. The quantitative estimate of drug-likeness (QED) is 0.759. The third kappa shape index (κ3) is 4.02. The summed E-state index contributed by atoms with van der Waals surface area (Å²) in [6.45, 7) is 5.08. The number of nitrogens with zero attached hydrogens (tertiary/aromatic N) is 1. The summed E-state index contributed by atoms with van der Waals surface area (Å²) >= 11 is 0. The predicted octanol–water partition coefficient (Wildman–Crippen LogP) is 2.30. The molecule has 1 aromatic carbocycles. The van der Waals surface area contributed by atoms with Crippen LogP contribution in [-0.2, 0) is 19.6 Å². The molecule has 0 bridgehead atoms. The molecule has 1 saturated heterocycles. The van der Waals surface area contributed by atoms with Crippen molar-refractivity contribution in [3.8, 4) is 0 Å². The number of hydrogen-bond donors (Lipinski definition) is 0. The highest BCUT2D eigenvalue weighted by Gasteiger charge is 2.31. The Kier molecular flexibility index (Phi) is 5.77. The first-order valence-corrected chi connectivity index (χ1v) is 9.46. The van der Waals surface area contributed by atoms with Crippen molar-refractivity contribution >= 4 is 21.8 Å². The number of sulfonamides is 1. The zero-order valence-electron chi connectivity index (χ0n) is 14.2.